The van der Waals surface area contributed by atoms with Crippen molar-refractivity contribution >= 4 is 15.9 Å². The Bertz CT molecular complexity index is 566. The van der Waals surface area contributed by atoms with Gasteiger partial charge in [-0.05, 0) is 48.4 Å². The van der Waals surface area contributed by atoms with E-state index in [4.69, 9.17) is 4.74 Å². The van der Waals surface area contributed by atoms with Gasteiger partial charge in [-0.1, -0.05) is 47.1 Å². The van der Waals surface area contributed by atoms with Crippen LogP contribution < -0.4 is 10.1 Å². The molecule has 2 nitrogen and oxygen atoms in total. The van der Waals surface area contributed by atoms with E-state index in [1.165, 1.54) is 16.7 Å². The van der Waals surface area contributed by atoms with Gasteiger partial charge in [0.25, 0.3) is 0 Å². The van der Waals surface area contributed by atoms with Crippen LogP contribution in [0.25, 0.3) is 0 Å². The smallest absolute Gasteiger partial charge is 0.118 e. The number of rotatable bonds is 5. The highest BCUT2D eigenvalue weighted by Gasteiger charge is 2.13. The fraction of sp³-hybridized carbons (Fsp3) is 0.294. The first-order chi connectivity index (χ1) is 9.65. The quantitative estimate of drug-likeness (QED) is 0.871. The molecule has 20 heavy (non-hydrogen) atoms. The van der Waals surface area contributed by atoms with Gasteiger partial charge in [-0.3, -0.25) is 0 Å². The highest BCUT2D eigenvalue weighted by molar-refractivity contribution is 9.10. The molecule has 2 aromatic rings. The number of aryl methyl sites for hydroxylation is 1. The Morgan fingerprint density at radius 2 is 1.75 bits per heavy atom. The van der Waals surface area contributed by atoms with Crippen LogP contribution in [-0.4, -0.2) is 13.7 Å². The second-order valence-corrected chi connectivity index (χ2v) is 5.63. The Morgan fingerprint density at radius 1 is 1.10 bits per heavy atom. The number of ether oxygens (including phenoxy) is 1. The summed E-state index contributed by atoms with van der Waals surface area (Å²) in [4.78, 5) is 0. The van der Waals surface area contributed by atoms with Crippen LogP contribution >= 0.6 is 15.9 Å². The van der Waals surface area contributed by atoms with Gasteiger partial charge in [0.05, 0.1) is 13.2 Å². The van der Waals surface area contributed by atoms with Crippen molar-refractivity contribution < 1.29 is 4.74 Å². The first-order valence-electron chi connectivity index (χ1n) is 6.79. The summed E-state index contributed by atoms with van der Waals surface area (Å²) in [5, 5.41) is 3.54. The molecule has 0 aromatic heterocycles. The van der Waals surface area contributed by atoms with Gasteiger partial charge >= 0.3 is 0 Å². The summed E-state index contributed by atoms with van der Waals surface area (Å²) in [5.41, 5.74) is 3.75. The van der Waals surface area contributed by atoms with E-state index in [2.05, 4.69) is 65.4 Å². The van der Waals surface area contributed by atoms with E-state index in [-0.39, 0.29) is 6.04 Å². The molecular weight excluding hydrogens is 314 g/mol. The van der Waals surface area contributed by atoms with Crippen LogP contribution in [0.1, 0.15) is 29.7 Å². The molecule has 106 valence electrons. The SMILES string of the molecule is CCNC(c1ccc(OC)cc1)c1ccc(C)c(Br)c1. The van der Waals surface area contributed by atoms with Crippen LogP contribution in [0.3, 0.4) is 0 Å². The van der Waals surface area contributed by atoms with Crippen molar-refractivity contribution in [2.24, 2.45) is 0 Å². The number of hydrogen-bond donors (Lipinski definition) is 1. The van der Waals surface area contributed by atoms with Crippen molar-refractivity contribution in [3.05, 3.63) is 63.6 Å². The minimum absolute atomic E-state index is 0.197. The lowest BCUT2D eigenvalue weighted by molar-refractivity contribution is 0.414. The number of hydrogen-bond acceptors (Lipinski definition) is 2. The molecule has 0 bridgehead atoms. The van der Waals surface area contributed by atoms with Crippen molar-refractivity contribution in [1.82, 2.24) is 5.32 Å². The molecule has 2 rings (SSSR count). The molecule has 0 aliphatic rings. The molecule has 0 amide bonds. The minimum Gasteiger partial charge on any atom is -0.497 e. The Morgan fingerprint density at radius 3 is 2.30 bits per heavy atom. The normalized spacial score (nSPS) is 12.2. The summed E-state index contributed by atoms with van der Waals surface area (Å²) in [6, 6.07) is 14.9. The second kappa shape index (κ2) is 6.91. The minimum atomic E-state index is 0.197. The monoisotopic (exact) mass is 333 g/mol. The highest BCUT2D eigenvalue weighted by Crippen LogP contribution is 2.27. The zero-order chi connectivity index (χ0) is 14.5. The second-order valence-electron chi connectivity index (χ2n) is 4.77. The Balaban J connectivity index is 2.35. The zero-order valence-corrected chi connectivity index (χ0v) is 13.7. The molecule has 3 heteroatoms. The average molecular weight is 334 g/mol. The van der Waals surface area contributed by atoms with E-state index in [9.17, 15) is 0 Å². The van der Waals surface area contributed by atoms with Crippen LogP contribution in [0.4, 0.5) is 0 Å². The molecule has 0 saturated heterocycles. The lowest BCUT2D eigenvalue weighted by Gasteiger charge is -2.20. The number of halogens is 1. The zero-order valence-electron chi connectivity index (χ0n) is 12.1. The van der Waals surface area contributed by atoms with Gasteiger partial charge < -0.3 is 10.1 Å². The molecular formula is C17H20BrNO. The Labute approximate surface area is 129 Å². The van der Waals surface area contributed by atoms with E-state index in [0.717, 1.165) is 16.8 Å². The molecule has 0 fully saturated rings. The maximum Gasteiger partial charge on any atom is 0.118 e. The van der Waals surface area contributed by atoms with Gasteiger partial charge in [-0.2, -0.15) is 0 Å². The van der Waals surface area contributed by atoms with E-state index >= 15 is 0 Å². The first kappa shape index (κ1) is 15.1. The maximum absolute atomic E-state index is 5.22. The van der Waals surface area contributed by atoms with E-state index in [0.29, 0.717) is 0 Å². The van der Waals surface area contributed by atoms with Crippen LogP contribution in [0.2, 0.25) is 0 Å². The predicted molar refractivity (Wildman–Crippen MR) is 87.4 cm³/mol. The fourth-order valence-electron chi connectivity index (χ4n) is 2.22. The molecule has 0 spiro atoms. The molecule has 0 aliphatic carbocycles. The summed E-state index contributed by atoms with van der Waals surface area (Å²) in [7, 11) is 1.69. The number of benzene rings is 2. The predicted octanol–water partition coefficient (Wildman–Crippen LogP) is 4.47. The van der Waals surface area contributed by atoms with Gasteiger partial charge in [0.1, 0.15) is 5.75 Å². The molecule has 2 aromatic carbocycles. The number of nitrogens with one attached hydrogen (secondary N) is 1. The molecule has 0 radical (unpaired) electrons. The summed E-state index contributed by atoms with van der Waals surface area (Å²) in [6.45, 7) is 5.14. The third-order valence-corrected chi connectivity index (χ3v) is 4.24. The number of methoxy groups -OCH3 is 1. The van der Waals surface area contributed by atoms with Gasteiger partial charge in [0.15, 0.2) is 0 Å². The third kappa shape index (κ3) is 3.41. The summed E-state index contributed by atoms with van der Waals surface area (Å²) in [5.74, 6) is 0.883. The first-order valence-corrected chi connectivity index (χ1v) is 7.58. The van der Waals surface area contributed by atoms with Crippen molar-refractivity contribution in [2.45, 2.75) is 19.9 Å². The highest BCUT2D eigenvalue weighted by atomic mass is 79.9. The van der Waals surface area contributed by atoms with Crippen molar-refractivity contribution in [2.75, 3.05) is 13.7 Å². The summed E-state index contributed by atoms with van der Waals surface area (Å²) >= 11 is 3.61. The molecule has 1 atom stereocenters. The van der Waals surface area contributed by atoms with Gasteiger partial charge in [0, 0.05) is 4.47 Å². The van der Waals surface area contributed by atoms with Crippen molar-refractivity contribution in [3.8, 4) is 5.75 Å². The average Bonchev–Trinajstić information content (AvgIpc) is 2.48. The van der Waals surface area contributed by atoms with Crippen LogP contribution in [0.15, 0.2) is 46.9 Å². The Kier molecular flexibility index (Phi) is 5.21. The third-order valence-electron chi connectivity index (χ3n) is 3.39. The van der Waals surface area contributed by atoms with Gasteiger partial charge in [-0.15, -0.1) is 0 Å². The van der Waals surface area contributed by atoms with Crippen molar-refractivity contribution in [1.29, 1.82) is 0 Å². The standard InChI is InChI=1S/C17H20BrNO/c1-4-19-17(13-7-9-15(20-3)10-8-13)14-6-5-12(2)16(18)11-14/h5-11,17,19H,4H2,1-3H3. The molecule has 0 heterocycles. The van der Waals surface area contributed by atoms with E-state index in [1.807, 2.05) is 12.1 Å². The molecule has 1 unspecified atom stereocenters. The summed E-state index contributed by atoms with van der Waals surface area (Å²) < 4.78 is 6.37. The maximum atomic E-state index is 5.22. The van der Waals surface area contributed by atoms with Crippen molar-refractivity contribution in [3.63, 3.8) is 0 Å². The topological polar surface area (TPSA) is 21.3 Å². The molecule has 0 aliphatic heterocycles. The fourth-order valence-corrected chi connectivity index (χ4v) is 2.61. The van der Waals surface area contributed by atoms with Crippen LogP contribution in [0, 0.1) is 6.92 Å². The van der Waals surface area contributed by atoms with E-state index < -0.39 is 0 Å². The Hall–Kier alpha value is -1.32. The molecule has 0 saturated carbocycles. The van der Waals surface area contributed by atoms with Gasteiger partial charge in [0.2, 0.25) is 0 Å². The molecule has 1 N–H and O–H groups in total. The lowest BCUT2D eigenvalue weighted by atomic mass is 9.97. The van der Waals surface area contributed by atoms with Crippen LogP contribution in [0.5, 0.6) is 5.75 Å². The van der Waals surface area contributed by atoms with Crippen LogP contribution in [-0.2, 0) is 0 Å². The van der Waals surface area contributed by atoms with E-state index in [1.54, 1.807) is 7.11 Å². The lowest BCUT2D eigenvalue weighted by Crippen LogP contribution is -2.22. The largest absolute Gasteiger partial charge is 0.497 e. The van der Waals surface area contributed by atoms with Gasteiger partial charge in [-0.25, -0.2) is 0 Å². The summed E-state index contributed by atoms with van der Waals surface area (Å²) in [6.07, 6.45) is 0.